The Bertz CT molecular complexity index is 643. The third-order valence-corrected chi connectivity index (χ3v) is 7.03. The summed E-state index contributed by atoms with van der Waals surface area (Å²) >= 11 is 0. The molecule has 8 nitrogen and oxygen atoms in total. The second-order valence-electron chi connectivity index (χ2n) is 7.70. The maximum Gasteiger partial charge on any atom is 0.326 e. The topological polar surface area (TPSA) is 90.0 Å². The molecule has 3 aliphatic rings. The number of urea groups is 1. The lowest BCUT2D eigenvalue weighted by Gasteiger charge is -2.34. The van der Waals surface area contributed by atoms with E-state index in [1.165, 1.54) is 15.5 Å². The first kappa shape index (κ1) is 18.6. The van der Waals surface area contributed by atoms with Crippen LogP contribution in [0.4, 0.5) is 4.79 Å². The number of nitrogens with one attached hydrogen (secondary N) is 1. The standard InChI is InChI=1S/C16H28N4O4S/c1-13-4-6-16(7-5-13)14(21)20(15(22)17-16)12-18-8-3-9-19(11-10-18)25(2,23)24/h13H,3-12H2,1-2H3,(H,17,22). The molecule has 3 rings (SSSR count). The Labute approximate surface area is 149 Å². The predicted molar refractivity (Wildman–Crippen MR) is 93.2 cm³/mol. The number of amides is 3. The van der Waals surface area contributed by atoms with Crippen LogP contribution in [0.25, 0.3) is 0 Å². The molecule has 3 amide bonds. The molecule has 0 unspecified atom stereocenters. The summed E-state index contributed by atoms with van der Waals surface area (Å²) in [5.41, 5.74) is -0.714. The Morgan fingerprint density at radius 2 is 1.80 bits per heavy atom. The van der Waals surface area contributed by atoms with Crippen LogP contribution in [0.15, 0.2) is 0 Å². The normalized spacial score (nSPS) is 32.9. The molecule has 0 atom stereocenters. The maximum atomic E-state index is 12.9. The summed E-state index contributed by atoms with van der Waals surface area (Å²) in [5.74, 6) is 0.477. The first-order valence-corrected chi connectivity index (χ1v) is 10.9. The highest BCUT2D eigenvalue weighted by atomic mass is 32.2. The summed E-state index contributed by atoms with van der Waals surface area (Å²) in [5, 5.41) is 2.93. The third kappa shape index (κ3) is 3.83. The van der Waals surface area contributed by atoms with Crippen molar-refractivity contribution in [3.8, 4) is 0 Å². The van der Waals surface area contributed by atoms with Crippen LogP contribution in [-0.2, 0) is 14.8 Å². The Balaban J connectivity index is 1.63. The summed E-state index contributed by atoms with van der Waals surface area (Å²) in [7, 11) is -3.20. The zero-order chi connectivity index (χ0) is 18.2. The molecule has 2 saturated heterocycles. The molecular weight excluding hydrogens is 344 g/mol. The van der Waals surface area contributed by atoms with Gasteiger partial charge in [-0.3, -0.25) is 9.69 Å². The minimum absolute atomic E-state index is 0.117. The van der Waals surface area contributed by atoms with Gasteiger partial charge in [0.05, 0.1) is 12.9 Å². The number of sulfonamides is 1. The number of rotatable bonds is 3. The number of hydrogen-bond acceptors (Lipinski definition) is 5. The van der Waals surface area contributed by atoms with E-state index in [1.54, 1.807) is 0 Å². The zero-order valence-corrected chi connectivity index (χ0v) is 15.8. The van der Waals surface area contributed by atoms with Crippen molar-refractivity contribution < 1.29 is 18.0 Å². The summed E-state index contributed by atoms with van der Waals surface area (Å²) < 4.78 is 24.9. The number of carbonyl (C=O) groups is 2. The molecule has 0 aromatic rings. The van der Waals surface area contributed by atoms with Gasteiger partial charge in [-0.05, 0) is 38.0 Å². The molecule has 0 aromatic carbocycles. The lowest BCUT2D eigenvalue weighted by atomic mass is 9.77. The fourth-order valence-electron chi connectivity index (χ4n) is 4.02. The van der Waals surface area contributed by atoms with E-state index in [-0.39, 0.29) is 18.6 Å². The first-order chi connectivity index (χ1) is 11.7. The van der Waals surface area contributed by atoms with E-state index in [4.69, 9.17) is 0 Å². The van der Waals surface area contributed by atoms with Crippen molar-refractivity contribution in [1.82, 2.24) is 19.4 Å². The van der Waals surface area contributed by atoms with Gasteiger partial charge in [-0.15, -0.1) is 0 Å². The summed E-state index contributed by atoms with van der Waals surface area (Å²) in [4.78, 5) is 28.6. The van der Waals surface area contributed by atoms with Crippen LogP contribution in [0.3, 0.4) is 0 Å². The van der Waals surface area contributed by atoms with Crippen molar-refractivity contribution in [1.29, 1.82) is 0 Å². The van der Waals surface area contributed by atoms with Gasteiger partial charge in [0.1, 0.15) is 5.54 Å². The van der Waals surface area contributed by atoms with Gasteiger partial charge in [-0.1, -0.05) is 6.92 Å². The number of carbonyl (C=O) groups excluding carboxylic acids is 2. The van der Waals surface area contributed by atoms with Crippen LogP contribution in [0.5, 0.6) is 0 Å². The van der Waals surface area contributed by atoms with E-state index < -0.39 is 15.6 Å². The van der Waals surface area contributed by atoms with E-state index in [2.05, 4.69) is 12.2 Å². The molecular formula is C16H28N4O4S. The largest absolute Gasteiger partial charge is 0.326 e. The monoisotopic (exact) mass is 372 g/mol. The number of nitrogens with zero attached hydrogens (tertiary/aromatic N) is 3. The van der Waals surface area contributed by atoms with Gasteiger partial charge in [0.15, 0.2) is 0 Å². The highest BCUT2D eigenvalue weighted by molar-refractivity contribution is 7.88. The Morgan fingerprint density at radius 1 is 1.12 bits per heavy atom. The van der Waals surface area contributed by atoms with Crippen molar-refractivity contribution in [2.45, 2.75) is 44.6 Å². The summed E-state index contributed by atoms with van der Waals surface area (Å²) in [6.45, 7) is 4.49. The van der Waals surface area contributed by atoms with Crippen LogP contribution >= 0.6 is 0 Å². The fourth-order valence-corrected chi connectivity index (χ4v) is 4.89. The molecule has 3 fully saturated rings. The molecule has 142 valence electrons. The third-order valence-electron chi connectivity index (χ3n) is 5.73. The first-order valence-electron chi connectivity index (χ1n) is 9.03. The molecule has 0 radical (unpaired) electrons. The quantitative estimate of drug-likeness (QED) is 0.725. The second-order valence-corrected chi connectivity index (χ2v) is 9.69. The molecule has 1 spiro atoms. The number of imide groups is 1. The zero-order valence-electron chi connectivity index (χ0n) is 15.0. The maximum absolute atomic E-state index is 12.9. The van der Waals surface area contributed by atoms with Crippen LogP contribution < -0.4 is 5.32 Å². The average Bonchev–Trinajstić information content (AvgIpc) is 2.73. The SMILES string of the molecule is CC1CCC2(CC1)NC(=O)N(CN1CCCN(S(C)(=O)=O)CC1)C2=O. The Kier molecular flexibility index (Phi) is 5.09. The summed E-state index contributed by atoms with van der Waals surface area (Å²) in [6.07, 6.45) is 5.22. The molecule has 25 heavy (non-hydrogen) atoms. The lowest BCUT2D eigenvalue weighted by molar-refractivity contribution is -0.134. The molecule has 1 saturated carbocycles. The van der Waals surface area contributed by atoms with Crippen molar-refractivity contribution in [3.05, 3.63) is 0 Å². The van der Waals surface area contributed by atoms with Gasteiger partial charge in [0.2, 0.25) is 10.0 Å². The van der Waals surface area contributed by atoms with Gasteiger partial charge in [0, 0.05) is 26.2 Å². The van der Waals surface area contributed by atoms with Crippen molar-refractivity contribution in [2.75, 3.05) is 39.1 Å². The van der Waals surface area contributed by atoms with E-state index in [0.717, 1.165) is 12.8 Å². The van der Waals surface area contributed by atoms with Crippen LogP contribution in [0.2, 0.25) is 0 Å². The molecule has 1 aliphatic carbocycles. The van der Waals surface area contributed by atoms with Gasteiger partial charge >= 0.3 is 6.03 Å². The Morgan fingerprint density at radius 3 is 2.44 bits per heavy atom. The molecule has 1 N–H and O–H groups in total. The molecule has 2 heterocycles. The minimum Gasteiger partial charge on any atom is -0.323 e. The van der Waals surface area contributed by atoms with E-state index in [0.29, 0.717) is 51.4 Å². The van der Waals surface area contributed by atoms with Crippen molar-refractivity contribution >= 4 is 22.0 Å². The van der Waals surface area contributed by atoms with Gasteiger partial charge in [-0.2, -0.15) is 0 Å². The lowest BCUT2D eigenvalue weighted by Crippen LogP contribution is -2.50. The van der Waals surface area contributed by atoms with E-state index in [9.17, 15) is 18.0 Å². The Hall–Kier alpha value is -1.19. The highest BCUT2D eigenvalue weighted by Crippen LogP contribution is 2.36. The smallest absolute Gasteiger partial charge is 0.323 e. The fraction of sp³-hybridized carbons (Fsp3) is 0.875. The average molecular weight is 372 g/mol. The second kappa shape index (κ2) is 6.85. The number of hydrogen-bond donors (Lipinski definition) is 1. The van der Waals surface area contributed by atoms with Gasteiger partial charge in [0.25, 0.3) is 5.91 Å². The van der Waals surface area contributed by atoms with Crippen molar-refractivity contribution in [2.24, 2.45) is 5.92 Å². The van der Waals surface area contributed by atoms with Crippen LogP contribution in [-0.4, -0.2) is 79.1 Å². The van der Waals surface area contributed by atoms with Crippen LogP contribution in [0, 0.1) is 5.92 Å². The van der Waals surface area contributed by atoms with Crippen LogP contribution in [0.1, 0.15) is 39.0 Å². The molecule has 2 aliphatic heterocycles. The molecule has 0 bridgehead atoms. The van der Waals surface area contributed by atoms with E-state index in [1.807, 2.05) is 4.90 Å². The predicted octanol–water partition coefficient (Wildman–Crippen LogP) is 0.412. The highest BCUT2D eigenvalue weighted by Gasteiger charge is 2.52. The van der Waals surface area contributed by atoms with E-state index >= 15 is 0 Å². The molecule has 0 aromatic heterocycles. The molecule has 9 heteroatoms. The van der Waals surface area contributed by atoms with Gasteiger partial charge < -0.3 is 5.32 Å². The van der Waals surface area contributed by atoms with Gasteiger partial charge in [-0.25, -0.2) is 22.4 Å². The van der Waals surface area contributed by atoms with Crippen molar-refractivity contribution in [3.63, 3.8) is 0 Å². The minimum atomic E-state index is -3.20. The summed E-state index contributed by atoms with van der Waals surface area (Å²) in [6, 6.07) is -0.316.